The van der Waals surface area contributed by atoms with E-state index in [0.717, 1.165) is 23.5 Å². The Morgan fingerprint density at radius 2 is 2.39 bits per heavy atom. The second-order valence-electron chi connectivity index (χ2n) is 4.62. The molecular weight excluding hydrogens is 244 g/mol. The molecule has 3 N–H and O–H groups in total. The summed E-state index contributed by atoms with van der Waals surface area (Å²) in [7, 11) is 0. The lowest BCUT2D eigenvalue weighted by Crippen LogP contribution is -2.26. The Morgan fingerprint density at radius 3 is 3.11 bits per heavy atom. The van der Waals surface area contributed by atoms with Crippen LogP contribution in [0.25, 0.3) is 0 Å². The van der Waals surface area contributed by atoms with Crippen LogP contribution in [0.3, 0.4) is 0 Å². The number of thioether (sulfide) groups is 1. The summed E-state index contributed by atoms with van der Waals surface area (Å²) in [6.07, 6.45) is 3.51. The van der Waals surface area contributed by atoms with Crippen molar-refractivity contribution in [3.63, 3.8) is 0 Å². The van der Waals surface area contributed by atoms with Gasteiger partial charge < -0.3 is 15.8 Å². The SMILES string of the molecule is CCCOc1cccc(NC2CCCSC2)c1N. The van der Waals surface area contributed by atoms with Gasteiger partial charge in [-0.25, -0.2) is 0 Å². The van der Waals surface area contributed by atoms with Crippen LogP contribution in [0.2, 0.25) is 0 Å². The molecule has 1 unspecified atom stereocenters. The van der Waals surface area contributed by atoms with E-state index in [0.29, 0.717) is 12.6 Å². The van der Waals surface area contributed by atoms with E-state index in [1.165, 1.54) is 24.3 Å². The molecule has 1 atom stereocenters. The predicted molar refractivity (Wildman–Crippen MR) is 80.6 cm³/mol. The summed E-state index contributed by atoms with van der Waals surface area (Å²) in [6, 6.07) is 6.51. The normalized spacial score (nSPS) is 19.5. The minimum absolute atomic E-state index is 0.535. The summed E-state index contributed by atoms with van der Waals surface area (Å²) in [4.78, 5) is 0. The lowest BCUT2D eigenvalue weighted by Gasteiger charge is -2.24. The van der Waals surface area contributed by atoms with Crippen molar-refractivity contribution in [1.82, 2.24) is 0 Å². The Morgan fingerprint density at radius 1 is 1.50 bits per heavy atom. The lowest BCUT2D eigenvalue weighted by molar-refractivity contribution is 0.319. The molecule has 18 heavy (non-hydrogen) atoms. The molecule has 2 rings (SSSR count). The van der Waals surface area contributed by atoms with E-state index in [1.807, 2.05) is 30.0 Å². The molecule has 0 radical (unpaired) electrons. The zero-order valence-corrected chi connectivity index (χ0v) is 11.8. The third kappa shape index (κ3) is 3.48. The van der Waals surface area contributed by atoms with Gasteiger partial charge >= 0.3 is 0 Å². The number of rotatable bonds is 5. The number of nitrogen functional groups attached to an aromatic ring is 1. The molecule has 0 bridgehead atoms. The Kier molecular flexibility index (Phi) is 5.05. The zero-order valence-electron chi connectivity index (χ0n) is 10.9. The average Bonchev–Trinajstić information content (AvgIpc) is 2.41. The Balaban J connectivity index is 2.02. The highest BCUT2D eigenvalue weighted by Gasteiger charge is 2.15. The first kappa shape index (κ1) is 13.4. The molecule has 0 aliphatic carbocycles. The molecule has 1 aliphatic rings. The lowest BCUT2D eigenvalue weighted by atomic mass is 10.1. The molecule has 0 amide bonds. The molecule has 1 aromatic carbocycles. The van der Waals surface area contributed by atoms with Crippen molar-refractivity contribution in [2.24, 2.45) is 0 Å². The molecule has 4 heteroatoms. The van der Waals surface area contributed by atoms with Crippen LogP contribution in [-0.4, -0.2) is 24.2 Å². The largest absolute Gasteiger partial charge is 0.491 e. The maximum atomic E-state index is 6.15. The molecule has 0 spiro atoms. The molecular formula is C14H22N2OS. The third-order valence-electron chi connectivity index (χ3n) is 3.05. The standard InChI is InChI=1S/C14H22N2OS/c1-2-8-17-13-7-3-6-12(14(13)15)16-11-5-4-9-18-10-11/h3,6-7,11,16H,2,4-5,8-10,15H2,1H3. The van der Waals surface area contributed by atoms with E-state index in [-0.39, 0.29) is 0 Å². The summed E-state index contributed by atoms with van der Waals surface area (Å²) < 4.78 is 5.65. The smallest absolute Gasteiger partial charge is 0.144 e. The van der Waals surface area contributed by atoms with Gasteiger partial charge in [-0.3, -0.25) is 0 Å². The number of anilines is 2. The van der Waals surface area contributed by atoms with Crippen molar-refractivity contribution in [3.8, 4) is 5.75 Å². The molecule has 100 valence electrons. The van der Waals surface area contributed by atoms with Crippen molar-refractivity contribution < 1.29 is 4.74 Å². The van der Waals surface area contributed by atoms with Crippen LogP contribution in [0.1, 0.15) is 26.2 Å². The van der Waals surface area contributed by atoms with E-state index >= 15 is 0 Å². The first-order valence-corrected chi connectivity index (χ1v) is 7.82. The van der Waals surface area contributed by atoms with Gasteiger partial charge in [-0.15, -0.1) is 0 Å². The van der Waals surface area contributed by atoms with Crippen LogP contribution >= 0.6 is 11.8 Å². The maximum Gasteiger partial charge on any atom is 0.144 e. The van der Waals surface area contributed by atoms with Crippen LogP contribution in [0, 0.1) is 0 Å². The van der Waals surface area contributed by atoms with Crippen LogP contribution in [0.5, 0.6) is 5.75 Å². The summed E-state index contributed by atoms with van der Waals surface area (Å²) in [5.74, 6) is 3.25. The molecule has 1 aliphatic heterocycles. The molecule has 0 saturated carbocycles. The van der Waals surface area contributed by atoms with E-state index < -0.39 is 0 Å². The van der Waals surface area contributed by atoms with E-state index in [4.69, 9.17) is 10.5 Å². The van der Waals surface area contributed by atoms with Gasteiger partial charge in [0, 0.05) is 11.8 Å². The van der Waals surface area contributed by atoms with Crippen molar-refractivity contribution in [1.29, 1.82) is 0 Å². The number of benzene rings is 1. The second kappa shape index (κ2) is 6.78. The summed E-state index contributed by atoms with van der Waals surface area (Å²) in [5, 5.41) is 3.54. The maximum absolute atomic E-state index is 6.15. The number of ether oxygens (including phenoxy) is 1. The highest BCUT2D eigenvalue weighted by Crippen LogP contribution is 2.31. The Labute approximate surface area is 113 Å². The highest BCUT2D eigenvalue weighted by atomic mass is 32.2. The van der Waals surface area contributed by atoms with E-state index in [1.54, 1.807) is 0 Å². The fourth-order valence-electron chi connectivity index (χ4n) is 2.08. The van der Waals surface area contributed by atoms with Crippen LogP contribution in [-0.2, 0) is 0 Å². The van der Waals surface area contributed by atoms with Crippen molar-refractivity contribution in [2.45, 2.75) is 32.2 Å². The minimum Gasteiger partial charge on any atom is -0.491 e. The molecule has 1 saturated heterocycles. The van der Waals surface area contributed by atoms with Gasteiger partial charge in [-0.1, -0.05) is 13.0 Å². The van der Waals surface area contributed by atoms with Crippen molar-refractivity contribution in [3.05, 3.63) is 18.2 Å². The van der Waals surface area contributed by atoms with Gasteiger partial charge in [0.15, 0.2) is 0 Å². The number of para-hydroxylation sites is 1. The molecule has 1 heterocycles. The fourth-order valence-corrected chi connectivity index (χ4v) is 3.15. The third-order valence-corrected chi connectivity index (χ3v) is 4.26. The van der Waals surface area contributed by atoms with E-state index in [9.17, 15) is 0 Å². The van der Waals surface area contributed by atoms with Crippen LogP contribution in [0.15, 0.2) is 18.2 Å². The van der Waals surface area contributed by atoms with Gasteiger partial charge in [0.25, 0.3) is 0 Å². The Hall–Kier alpha value is -1.03. The average molecular weight is 266 g/mol. The first-order valence-electron chi connectivity index (χ1n) is 6.67. The minimum atomic E-state index is 0.535. The van der Waals surface area contributed by atoms with Gasteiger partial charge in [0.2, 0.25) is 0 Å². The van der Waals surface area contributed by atoms with Crippen LogP contribution in [0.4, 0.5) is 11.4 Å². The van der Waals surface area contributed by atoms with Crippen molar-refractivity contribution in [2.75, 3.05) is 29.2 Å². The summed E-state index contributed by atoms with van der Waals surface area (Å²) >= 11 is 2.01. The predicted octanol–water partition coefficient (Wildman–Crippen LogP) is 3.37. The van der Waals surface area contributed by atoms with Gasteiger partial charge in [0.05, 0.1) is 18.0 Å². The topological polar surface area (TPSA) is 47.3 Å². The fraction of sp³-hybridized carbons (Fsp3) is 0.571. The second-order valence-corrected chi connectivity index (χ2v) is 5.77. The zero-order chi connectivity index (χ0) is 12.8. The number of hydrogen-bond acceptors (Lipinski definition) is 4. The first-order chi connectivity index (χ1) is 8.81. The highest BCUT2D eigenvalue weighted by molar-refractivity contribution is 7.99. The number of nitrogens with two attached hydrogens (primary N) is 1. The molecule has 3 nitrogen and oxygen atoms in total. The quantitative estimate of drug-likeness (QED) is 0.802. The van der Waals surface area contributed by atoms with Gasteiger partial charge in [-0.05, 0) is 37.1 Å². The van der Waals surface area contributed by atoms with E-state index in [2.05, 4.69) is 12.2 Å². The summed E-state index contributed by atoms with van der Waals surface area (Å²) in [5.41, 5.74) is 7.89. The molecule has 0 aromatic heterocycles. The molecule has 1 aromatic rings. The number of nitrogens with one attached hydrogen (secondary N) is 1. The monoisotopic (exact) mass is 266 g/mol. The van der Waals surface area contributed by atoms with Gasteiger partial charge in [-0.2, -0.15) is 11.8 Å². The van der Waals surface area contributed by atoms with Crippen LogP contribution < -0.4 is 15.8 Å². The van der Waals surface area contributed by atoms with Crippen molar-refractivity contribution >= 4 is 23.1 Å². The molecule has 1 fully saturated rings. The number of hydrogen-bond donors (Lipinski definition) is 2. The van der Waals surface area contributed by atoms with Gasteiger partial charge in [0.1, 0.15) is 5.75 Å². The Bertz CT molecular complexity index is 378. The summed E-state index contributed by atoms with van der Waals surface area (Å²) in [6.45, 7) is 2.81.